The summed E-state index contributed by atoms with van der Waals surface area (Å²) in [7, 11) is 1.71. The summed E-state index contributed by atoms with van der Waals surface area (Å²) in [5.41, 5.74) is 2.32. The standard InChI is InChI=1S/C14H18O2/c1-13(7-14(8-13)9-16-10-14)11-3-5-12(15-2)6-4-11/h3-6H,7-10H2,1-2H3. The molecule has 0 unspecified atom stereocenters. The second-order valence-electron chi connectivity index (χ2n) is 5.64. The highest BCUT2D eigenvalue weighted by Gasteiger charge is 2.56. The van der Waals surface area contributed by atoms with E-state index >= 15 is 0 Å². The smallest absolute Gasteiger partial charge is 0.118 e. The van der Waals surface area contributed by atoms with Crippen LogP contribution in [0.15, 0.2) is 24.3 Å². The van der Waals surface area contributed by atoms with Crippen LogP contribution in [0.3, 0.4) is 0 Å². The number of ether oxygens (including phenoxy) is 2. The van der Waals surface area contributed by atoms with Gasteiger partial charge in [0.25, 0.3) is 0 Å². The first kappa shape index (κ1) is 10.2. The summed E-state index contributed by atoms with van der Waals surface area (Å²) in [6.45, 7) is 4.30. The molecule has 2 nitrogen and oxygen atoms in total. The Labute approximate surface area is 96.6 Å². The fraction of sp³-hybridized carbons (Fsp3) is 0.571. The Morgan fingerprint density at radius 1 is 1.12 bits per heavy atom. The third kappa shape index (κ3) is 1.36. The molecule has 2 fully saturated rings. The molecule has 86 valence electrons. The van der Waals surface area contributed by atoms with Crippen molar-refractivity contribution >= 4 is 0 Å². The van der Waals surface area contributed by atoms with E-state index in [1.807, 2.05) is 0 Å². The van der Waals surface area contributed by atoms with Gasteiger partial charge in [-0.1, -0.05) is 19.1 Å². The van der Waals surface area contributed by atoms with Crippen molar-refractivity contribution in [3.8, 4) is 5.75 Å². The third-order valence-corrected chi connectivity index (χ3v) is 4.13. The summed E-state index contributed by atoms with van der Waals surface area (Å²) in [5.74, 6) is 0.938. The van der Waals surface area contributed by atoms with E-state index in [1.165, 1.54) is 18.4 Å². The molecule has 2 heteroatoms. The van der Waals surface area contributed by atoms with E-state index in [4.69, 9.17) is 9.47 Å². The van der Waals surface area contributed by atoms with E-state index in [0.29, 0.717) is 10.8 Å². The monoisotopic (exact) mass is 218 g/mol. The van der Waals surface area contributed by atoms with Crippen LogP contribution in [-0.2, 0) is 10.2 Å². The van der Waals surface area contributed by atoms with Crippen molar-refractivity contribution in [2.24, 2.45) is 5.41 Å². The number of benzene rings is 1. The van der Waals surface area contributed by atoms with Crippen molar-refractivity contribution in [2.75, 3.05) is 20.3 Å². The largest absolute Gasteiger partial charge is 0.497 e. The Morgan fingerprint density at radius 3 is 2.19 bits per heavy atom. The van der Waals surface area contributed by atoms with Gasteiger partial charge in [-0.2, -0.15) is 0 Å². The lowest BCUT2D eigenvalue weighted by Gasteiger charge is -2.59. The molecule has 0 N–H and O–H groups in total. The van der Waals surface area contributed by atoms with Crippen molar-refractivity contribution in [1.29, 1.82) is 0 Å². The highest BCUT2D eigenvalue weighted by molar-refractivity contribution is 5.35. The maximum Gasteiger partial charge on any atom is 0.118 e. The lowest BCUT2D eigenvalue weighted by atomic mass is 9.50. The number of hydrogen-bond acceptors (Lipinski definition) is 2. The maximum atomic E-state index is 5.33. The van der Waals surface area contributed by atoms with Crippen LogP contribution in [0.4, 0.5) is 0 Å². The molecule has 0 bridgehead atoms. The summed E-state index contributed by atoms with van der Waals surface area (Å²) in [6, 6.07) is 8.52. The summed E-state index contributed by atoms with van der Waals surface area (Å²) in [6.07, 6.45) is 2.54. The first-order chi connectivity index (χ1) is 7.66. The summed E-state index contributed by atoms with van der Waals surface area (Å²) in [5, 5.41) is 0. The molecule has 16 heavy (non-hydrogen) atoms. The Hall–Kier alpha value is -1.02. The topological polar surface area (TPSA) is 18.5 Å². The molecule has 1 aromatic rings. The fourth-order valence-electron chi connectivity index (χ4n) is 3.40. The van der Waals surface area contributed by atoms with Crippen LogP contribution in [0, 0.1) is 5.41 Å². The minimum absolute atomic E-state index is 0.357. The maximum absolute atomic E-state index is 5.33. The third-order valence-electron chi connectivity index (χ3n) is 4.13. The Bertz CT molecular complexity index is 382. The Morgan fingerprint density at radius 2 is 1.75 bits per heavy atom. The number of rotatable bonds is 2. The van der Waals surface area contributed by atoms with E-state index < -0.39 is 0 Å². The number of methoxy groups -OCH3 is 1. The number of hydrogen-bond donors (Lipinski definition) is 0. The van der Waals surface area contributed by atoms with Gasteiger partial charge in [0.1, 0.15) is 5.75 Å². The Balaban J connectivity index is 1.77. The van der Waals surface area contributed by atoms with Crippen molar-refractivity contribution < 1.29 is 9.47 Å². The normalized spacial score (nSPS) is 24.6. The fourth-order valence-corrected chi connectivity index (χ4v) is 3.40. The minimum Gasteiger partial charge on any atom is -0.497 e. The van der Waals surface area contributed by atoms with Crippen molar-refractivity contribution in [2.45, 2.75) is 25.2 Å². The van der Waals surface area contributed by atoms with Gasteiger partial charge in [0.15, 0.2) is 0 Å². The molecule has 1 aromatic carbocycles. The molecule has 0 amide bonds. The summed E-state index contributed by atoms with van der Waals surface area (Å²) < 4.78 is 10.5. The molecule has 2 aliphatic rings. The highest BCUT2D eigenvalue weighted by atomic mass is 16.5. The van der Waals surface area contributed by atoms with Crippen LogP contribution >= 0.6 is 0 Å². The molecular weight excluding hydrogens is 200 g/mol. The van der Waals surface area contributed by atoms with E-state index in [1.54, 1.807) is 7.11 Å². The minimum atomic E-state index is 0.357. The van der Waals surface area contributed by atoms with Crippen LogP contribution in [0.5, 0.6) is 5.75 Å². The zero-order chi connectivity index (χ0) is 11.2. The molecule has 1 aliphatic carbocycles. The van der Waals surface area contributed by atoms with Gasteiger partial charge in [-0.25, -0.2) is 0 Å². The van der Waals surface area contributed by atoms with E-state index in [2.05, 4.69) is 31.2 Å². The molecule has 0 radical (unpaired) electrons. The average Bonchev–Trinajstić information content (AvgIpc) is 2.22. The van der Waals surface area contributed by atoms with Gasteiger partial charge in [0.2, 0.25) is 0 Å². The SMILES string of the molecule is COc1ccc(C2(C)CC3(COC3)C2)cc1. The van der Waals surface area contributed by atoms with Gasteiger partial charge in [-0.3, -0.25) is 0 Å². The average molecular weight is 218 g/mol. The van der Waals surface area contributed by atoms with Gasteiger partial charge in [0, 0.05) is 5.41 Å². The molecule has 1 saturated carbocycles. The van der Waals surface area contributed by atoms with Gasteiger partial charge >= 0.3 is 0 Å². The van der Waals surface area contributed by atoms with Crippen molar-refractivity contribution in [3.63, 3.8) is 0 Å². The molecular formula is C14H18O2. The van der Waals surface area contributed by atoms with Crippen molar-refractivity contribution in [1.82, 2.24) is 0 Å². The second-order valence-corrected chi connectivity index (χ2v) is 5.64. The zero-order valence-electron chi connectivity index (χ0n) is 9.95. The summed E-state index contributed by atoms with van der Waals surface area (Å²) in [4.78, 5) is 0. The predicted molar refractivity (Wildman–Crippen MR) is 62.8 cm³/mol. The van der Waals surface area contributed by atoms with Gasteiger partial charge in [0.05, 0.1) is 20.3 Å². The predicted octanol–water partition coefficient (Wildman–Crippen LogP) is 2.76. The lowest BCUT2D eigenvalue weighted by Crippen LogP contribution is -2.58. The van der Waals surface area contributed by atoms with Crippen LogP contribution in [0.25, 0.3) is 0 Å². The van der Waals surface area contributed by atoms with Crippen molar-refractivity contribution in [3.05, 3.63) is 29.8 Å². The van der Waals surface area contributed by atoms with E-state index in [0.717, 1.165) is 19.0 Å². The first-order valence-electron chi connectivity index (χ1n) is 5.88. The molecule has 0 aromatic heterocycles. The summed E-state index contributed by atoms with van der Waals surface area (Å²) >= 11 is 0. The van der Waals surface area contributed by atoms with Crippen LogP contribution in [-0.4, -0.2) is 20.3 Å². The van der Waals surface area contributed by atoms with Crippen LogP contribution < -0.4 is 4.74 Å². The second kappa shape index (κ2) is 3.24. The van der Waals surface area contributed by atoms with Crippen LogP contribution in [0.1, 0.15) is 25.3 Å². The molecule has 1 heterocycles. The van der Waals surface area contributed by atoms with Gasteiger partial charge in [-0.05, 0) is 36.0 Å². The first-order valence-corrected chi connectivity index (χ1v) is 5.88. The molecule has 3 rings (SSSR count). The molecule has 0 atom stereocenters. The van der Waals surface area contributed by atoms with Crippen LogP contribution in [0.2, 0.25) is 0 Å². The lowest BCUT2D eigenvalue weighted by molar-refractivity contribution is -0.185. The highest BCUT2D eigenvalue weighted by Crippen LogP contribution is 2.58. The Kier molecular flexibility index (Phi) is 2.05. The molecule has 1 saturated heterocycles. The molecule has 1 aliphatic heterocycles. The zero-order valence-corrected chi connectivity index (χ0v) is 9.95. The van der Waals surface area contributed by atoms with Gasteiger partial charge < -0.3 is 9.47 Å². The van der Waals surface area contributed by atoms with E-state index in [9.17, 15) is 0 Å². The van der Waals surface area contributed by atoms with E-state index in [-0.39, 0.29) is 0 Å². The van der Waals surface area contributed by atoms with Gasteiger partial charge in [-0.15, -0.1) is 0 Å². The molecule has 1 spiro atoms. The quantitative estimate of drug-likeness (QED) is 0.760.